The van der Waals surface area contributed by atoms with E-state index < -0.39 is 22.2 Å². The first kappa shape index (κ1) is 25.2. The van der Waals surface area contributed by atoms with Crippen LogP contribution in [0.15, 0.2) is 22.8 Å². The largest absolute Gasteiger partial charge is 0.481 e. The average molecular weight is 501 g/mol. The average Bonchev–Trinajstić information content (AvgIpc) is 2.74. The van der Waals surface area contributed by atoms with Crippen LogP contribution in [0.1, 0.15) is 93.4 Å². The van der Waals surface area contributed by atoms with Crippen molar-refractivity contribution in [3.8, 4) is 0 Å². The molecule has 0 aliphatic heterocycles. The number of carboxylic acid groups (broad SMARTS) is 1. The molecular weight excluding hydrogens is 460 g/mol. The van der Waals surface area contributed by atoms with Crippen LogP contribution in [0.5, 0.6) is 0 Å². The molecule has 0 bridgehead atoms. The van der Waals surface area contributed by atoms with Gasteiger partial charge in [-0.3, -0.25) is 14.4 Å². The maximum absolute atomic E-state index is 14.2. The van der Waals surface area contributed by atoms with E-state index in [1.54, 1.807) is 0 Å². The first-order valence-electron chi connectivity index (χ1n) is 13.4. The van der Waals surface area contributed by atoms with Gasteiger partial charge in [-0.1, -0.05) is 64.8 Å². The van der Waals surface area contributed by atoms with Crippen molar-refractivity contribution in [3.05, 3.63) is 22.8 Å². The topological polar surface area (TPSA) is 71.4 Å². The van der Waals surface area contributed by atoms with Crippen molar-refractivity contribution >= 4 is 29.1 Å². The predicted octanol–water partition coefficient (Wildman–Crippen LogP) is 6.96. The van der Waals surface area contributed by atoms with Gasteiger partial charge >= 0.3 is 5.97 Å². The molecule has 0 spiro atoms. The third kappa shape index (κ3) is 2.95. The first-order chi connectivity index (χ1) is 16.0. The maximum atomic E-state index is 14.2. The van der Waals surface area contributed by atoms with E-state index in [1.165, 1.54) is 5.57 Å². The molecule has 192 valence electrons. The van der Waals surface area contributed by atoms with Gasteiger partial charge in [0.25, 0.3) is 0 Å². The second-order valence-corrected chi connectivity index (χ2v) is 14.9. The standard InChI is InChI=1S/C30H41ClO4/c1-25(2)21-8-9-30(7)22(28(21,5)16-19(31)23(25)33)20(32)14-17-18-15-27(4,24(34)35)11-10-26(18,3)12-13-29(17,30)6/h14,16,18,21-22H,8-13,15H2,1-7H3,(H,34,35)/t18-,21+,22-,26-,27+,28+,29-,30-/m1/s1. The highest BCUT2D eigenvalue weighted by molar-refractivity contribution is 6.43. The monoisotopic (exact) mass is 500 g/mol. The van der Waals surface area contributed by atoms with E-state index in [2.05, 4.69) is 27.7 Å². The number of fused-ring (bicyclic) bond motifs is 7. The van der Waals surface area contributed by atoms with Crippen LogP contribution in [0.2, 0.25) is 0 Å². The highest BCUT2D eigenvalue weighted by Crippen LogP contribution is 2.74. The number of aliphatic carboxylic acids is 1. The number of rotatable bonds is 1. The molecule has 3 saturated carbocycles. The Balaban J connectivity index is 1.67. The first-order valence-corrected chi connectivity index (χ1v) is 13.8. The third-order valence-electron chi connectivity index (χ3n) is 12.4. The zero-order valence-electron chi connectivity index (χ0n) is 22.4. The van der Waals surface area contributed by atoms with Crippen molar-refractivity contribution in [2.75, 3.05) is 0 Å². The Hall–Kier alpha value is -1.42. The van der Waals surface area contributed by atoms with Gasteiger partial charge in [0, 0.05) is 16.7 Å². The second-order valence-electron chi connectivity index (χ2n) is 14.5. The number of allylic oxidation sites excluding steroid dienone is 4. The van der Waals surface area contributed by atoms with Gasteiger partial charge in [-0.05, 0) is 86.0 Å². The van der Waals surface area contributed by atoms with Crippen LogP contribution in [0, 0.1) is 50.2 Å². The van der Waals surface area contributed by atoms with Crippen molar-refractivity contribution in [2.24, 2.45) is 50.2 Å². The molecule has 0 heterocycles. The molecule has 0 aromatic carbocycles. The van der Waals surface area contributed by atoms with E-state index in [0.29, 0.717) is 12.8 Å². The fraction of sp³-hybridized carbons (Fsp3) is 0.767. The Kier molecular flexibility index (Phi) is 5.13. The van der Waals surface area contributed by atoms with Gasteiger partial charge in [-0.2, -0.15) is 0 Å². The number of hydrogen-bond donors (Lipinski definition) is 1. The summed E-state index contributed by atoms with van der Waals surface area (Å²) in [7, 11) is 0. The van der Waals surface area contributed by atoms with Gasteiger partial charge in [0.1, 0.15) is 0 Å². The highest BCUT2D eigenvalue weighted by Gasteiger charge is 2.70. The highest BCUT2D eigenvalue weighted by atomic mass is 35.5. The SMILES string of the molecule is CC1(C)C(=O)C(Cl)=C[C@]2(C)[C@H]3C(=O)C=C4[C@H]5C[C@@](C)(C(=O)O)CC[C@]5(C)CC[C@@]4(C)[C@]3(C)CC[C@@H]12. The summed E-state index contributed by atoms with van der Waals surface area (Å²) in [4.78, 5) is 39.5. The molecule has 0 saturated heterocycles. The molecule has 8 atom stereocenters. The van der Waals surface area contributed by atoms with E-state index in [0.717, 1.165) is 32.1 Å². The van der Waals surface area contributed by atoms with Crippen molar-refractivity contribution < 1.29 is 19.5 Å². The minimum atomic E-state index is -0.752. The summed E-state index contributed by atoms with van der Waals surface area (Å²) >= 11 is 6.56. The number of halogens is 1. The molecule has 5 heteroatoms. The normalized spacial score (nSPS) is 50.7. The van der Waals surface area contributed by atoms with Gasteiger partial charge < -0.3 is 5.11 Å². The number of ketones is 2. The maximum Gasteiger partial charge on any atom is 0.309 e. The number of carbonyl (C=O) groups is 3. The molecule has 5 rings (SSSR count). The van der Waals surface area contributed by atoms with Crippen LogP contribution < -0.4 is 0 Å². The second kappa shape index (κ2) is 7.11. The van der Waals surface area contributed by atoms with E-state index in [1.807, 2.05) is 32.9 Å². The van der Waals surface area contributed by atoms with Crippen LogP contribution in [0.4, 0.5) is 0 Å². The number of carbonyl (C=O) groups excluding carboxylic acids is 2. The lowest BCUT2D eigenvalue weighted by molar-refractivity contribution is -0.172. The molecule has 0 aromatic heterocycles. The molecule has 0 radical (unpaired) electrons. The summed E-state index contributed by atoms with van der Waals surface area (Å²) in [6.07, 6.45) is 9.87. The van der Waals surface area contributed by atoms with Crippen molar-refractivity contribution in [2.45, 2.75) is 93.4 Å². The lowest BCUT2D eigenvalue weighted by Gasteiger charge is -2.69. The molecule has 3 fully saturated rings. The Morgan fingerprint density at radius 1 is 0.971 bits per heavy atom. The zero-order chi connectivity index (χ0) is 26.0. The van der Waals surface area contributed by atoms with Crippen LogP contribution in [0.3, 0.4) is 0 Å². The van der Waals surface area contributed by atoms with E-state index in [-0.39, 0.29) is 50.6 Å². The van der Waals surface area contributed by atoms with Crippen molar-refractivity contribution in [3.63, 3.8) is 0 Å². The number of carboxylic acids is 1. The number of hydrogen-bond acceptors (Lipinski definition) is 3. The van der Waals surface area contributed by atoms with Crippen LogP contribution in [0.25, 0.3) is 0 Å². The lowest BCUT2D eigenvalue weighted by Crippen LogP contribution is -2.65. The Bertz CT molecular complexity index is 1100. The zero-order valence-corrected chi connectivity index (χ0v) is 23.1. The van der Waals surface area contributed by atoms with Crippen molar-refractivity contribution in [1.29, 1.82) is 0 Å². The summed E-state index contributed by atoms with van der Waals surface area (Å²) in [5.41, 5.74) is -1.08. The molecule has 35 heavy (non-hydrogen) atoms. The summed E-state index contributed by atoms with van der Waals surface area (Å²) in [6, 6.07) is 0. The minimum absolute atomic E-state index is 0.0143. The van der Waals surface area contributed by atoms with Crippen LogP contribution in [-0.2, 0) is 14.4 Å². The Labute approximate surface area is 214 Å². The molecule has 0 amide bonds. The lowest BCUT2D eigenvalue weighted by atomic mass is 9.34. The summed E-state index contributed by atoms with van der Waals surface area (Å²) in [5, 5.41) is 10.3. The molecule has 0 unspecified atom stereocenters. The van der Waals surface area contributed by atoms with Gasteiger partial charge in [-0.15, -0.1) is 0 Å². The van der Waals surface area contributed by atoms with E-state index in [9.17, 15) is 19.5 Å². The van der Waals surface area contributed by atoms with Gasteiger partial charge in [-0.25, -0.2) is 0 Å². The van der Waals surface area contributed by atoms with Gasteiger partial charge in [0.05, 0.1) is 10.4 Å². The number of Topliss-reactive ketones (excluding diaryl/α,β-unsaturated/α-hetero) is 1. The van der Waals surface area contributed by atoms with Gasteiger partial charge in [0.2, 0.25) is 0 Å². The molecule has 5 aliphatic carbocycles. The minimum Gasteiger partial charge on any atom is -0.481 e. The summed E-state index contributed by atoms with van der Waals surface area (Å²) in [5.74, 6) is -0.677. The van der Waals surface area contributed by atoms with E-state index >= 15 is 0 Å². The van der Waals surface area contributed by atoms with Gasteiger partial charge in [0.15, 0.2) is 11.6 Å². The molecule has 5 aliphatic rings. The quantitative estimate of drug-likeness (QED) is 0.422. The smallest absolute Gasteiger partial charge is 0.309 e. The summed E-state index contributed by atoms with van der Waals surface area (Å²) in [6.45, 7) is 15.0. The molecule has 4 nitrogen and oxygen atoms in total. The Morgan fingerprint density at radius 2 is 1.60 bits per heavy atom. The van der Waals surface area contributed by atoms with Crippen molar-refractivity contribution in [1.82, 2.24) is 0 Å². The Morgan fingerprint density at radius 3 is 2.23 bits per heavy atom. The fourth-order valence-corrected chi connectivity index (χ4v) is 10.3. The molecular formula is C30H41ClO4. The van der Waals surface area contributed by atoms with Crippen LogP contribution in [-0.4, -0.2) is 22.6 Å². The third-order valence-corrected chi connectivity index (χ3v) is 12.7. The molecule has 0 aromatic rings. The van der Waals surface area contributed by atoms with Crippen LogP contribution >= 0.6 is 11.6 Å². The predicted molar refractivity (Wildman–Crippen MR) is 137 cm³/mol. The summed E-state index contributed by atoms with van der Waals surface area (Å²) < 4.78 is 0. The molecule has 1 N–H and O–H groups in total. The van der Waals surface area contributed by atoms with E-state index in [4.69, 9.17) is 11.6 Å². The fourth-order valence-electron chi connectivity index (χ4n) is 9.82.